The lowest BCUT2D eigenvalue weighted by Gasteiger charge is -2.09. The van der Waals surface area contributed by atoms with Gasteiger partial charge in [0.2, 0.25) is 0 Å². The maximum Gasteiger partial charge on any atom is 0.324 e. The van der Waals surface area contributed by atoms with E-state index in [0.717, 1.165) is 10.8 Å². The van der Waals surface area contributed by atoms with Gasteiger partial charge in [-0.2, -0.15) is 5.10 Å². The zero-order valence-corrected chi connectivity index (χ0v) is 15.4. The number of fused-ring (bicyclic) bond motifs is 1. The molecule has 5 nitrogen and oxygen atoms in total. The predicted octanol–water partition coefficient (Wildman–Crippen LogP) is 5.52. The molecular weight excluding hydrogens is 379 g/mol. The topological polar surface area (TPSA) is 59.0 Å². The third kappa shape index (κ3) is 3.82. The number of nitrogens with one attached hydrogen (secondary N) is 2. The Morgan fingerprint density at radius 3 is 2.61 bits per heavy atom. The van der Waals surface area contributed by atoms with Gasteiger partial charge >= 0.3 is 6.03 Å². The predicted molar refractivity (Wildman–Crippen MR) is 109 cm³/mol. The fourth-order valence-electron chi connectivity index (χ4n) is 2.96. The van der Waals surface area contributed by atoms with Crippen LogP contribution in [0.2, 0.25) is 5.02 Å². The van der Waals surface area contributed by atoms with Crippen molar-refractivity contribution in [3.63, 3.8) is 0 Å². The molecule has 28 heavy (non-hydrogen) atoms. The van der Waals surface area contributed by atoms with E-state index in [2.05, 4.69) is 15.7 Å². The van der Waals surface area contributed by atoms with Crippen molar-refractivity contribution in [2.24, 2.45) is 0 Å². The molecule has 0 radical (unpaired) electrons. The number of hydrogen-bond donors (Lipinski definition) is 2. The molecule has 2 N–H and O–H groups in total. The summed E-state index contributed by atoms with van der Waals surface area (Å²) in [5.41, 5.74) is 1.16. The molecule has 0 aliphatic heterocycles. The smallest absolute Gasteiger partial charge is 0.307 e. The Bertz CT molecular complexity index is 1150. The minimum atomic E-state index is -0.464. The van der Waals surface area contributed by atoms with Gasteiger partial charge in [0.1, 0.15) is 10.8 Å². The first-order chi connectivity index (χ1) is 13.6. The van der Waals surface area contributed by atoms with Crippen LogP contribution < -0.4 is 10.6 Å². The van der Waals surface area contributed by atoms with Crippen LogP contribution >= 0.6 is 11.6 Å². The largest absolute Gasteiger partial charge is 0.324 e. The van der Waals surface area contributed by atoms with E-state index in [1.54, 1.807) is 24.4 Å². The van der Waals surface area contributed by atoms with E-state index in [-0.39, 0.29) is 23.2 Å². The maximum atomic E-state index is 13.8. The molecule has 4 rings (SSSR count). The van der Waals surface area contributed by atoms with Crippen LogP contribution in [0.25, 0.3) is 10.8 Å². The highest BCUT2D eigenvalue weighted by Gasteiger charge is 2.13. The zero-order valence-electron chi connectivity index (χ0n) is 14.7. The number of aromatic nitrogens is 2. The molecule has 0 saturated heterocycles. The number of hydrogen-bond acceptors (Lipinski definition) is 2. The molecule has 3 aromatic carbocycles. The monoisotopic (exact) mass is 394 g/mol. The number of carbonyl (C=O) groups is 1. The number of halogens is 2. The maximum absolute atomic E-state index is 13.8. The molecular formula is C21H16ClFN4O. The average Bonchev–Trinajstić information content (AvgIpc) is 3.03. The number of amides is 2. The lowest BCUT2D eigenvalue weighted by molar-refractivity contribution is 0.262. The number of anilines is 2. The van der Waals surface area contributed by atoms with Gasteiger partial charge in [-0.15, -0.1) is 0 Å². The Balaban J connectivity index is 1.49. The molecule has 140 valence electrons. The van der Waals surface area contributed by atoms with Crippen molar-refractivity contribution in [3.05, 3.63) is 89.3 Å². The van der Waals surface area contributed by atoms with Gasteiger partial charge in [-0.3, -0.25) is 10.00 Å². The molecule has 0 atom stereocenters. The Morgan fingerprint density at radius 1 is 1.00 bits per heavy atom. The van der Waals surface area contributed by atoms with Gasteiger partial charge < -0.3 is 5.32 Å². The number of nitrogens with zero attached hydrogens (tertiary/aromatic N) is 2. The Kier molecular flexibility index (Phi) is 4.95. The van der Waals surface area contributed by atoms with Crippen LogP contribution in [0, 0.1) is 5.82 Å². The molecule has 1 aromatic heterocycles. The molecule has 7 heteroatoms. The van der Waals surface area contributed by atoms with Crippen molar-refractivity contribution in [2.45, 2.75) is 6.54 Å². The second kappa shape index (κ2) is 7.70. The van der Waals surface area contributed by atoms with E-state index in [9.17, 15) is 9.18 Å². The summed E-state index contributed by atoms with van der Waals surface area (Å²) in [5, 5.41) is 11.9. The van der Waals surface area contributed by atoms with Gasteiger partial charge in [0.25, 0.3) is 0 Å². The van der Waals surface area contributed by atoms with Crippen molar-refractivity contribution in [1.29, 1.82) is 0 Å². The molecule has 0 fully saturated rings. The SMILES string of the molecule is O=C(Nc1nn(Cc2ccccc2F)cc1Cl)Nc1cccc2ccccc12. The Hall–Kier alpha value is -3.38. The molecule has 0 saturated carbocycles. The minimum absolute atomic E-state index is 0.204. The van der Waals surface area contributed by atoms with Crippen LogP contribution in [-0.2, 0) is 6.54 Å². The van der Waals surface area contributed by atoms with Crippen LogP contribution in [0.1, 0.15) is 5.56 Å². The molecule has 4 aromatic rings. The number of carbonyl (C=O) groups excluding carboxylic acids is 1. The van der Waals surface area contributed by atoms with Crippen molar-refractivity contribution in [1.82, 2.24) is 9.78 Å². The second-order valence-electron chi connectivity index (χ2n) is 6.22. The summed E-state index contributed by atoms with van der Waals surface area (Å²) in [6, 6.07) is 19.4. The summed E-state index contributed by atoms with van der Waals surface area (Å²) in [6.45, 7) is 0.207. The Labute approximate surface area is 165 Å². The second-order valence-corrected chi connectivity index (χ2v) is 6.63. The van der Waals surface area contributed by atoms with Crippen LogP contribution in [0.15, 0.2) is 72.9 Å². The van der Waals surface area contributed by atoms with Crippen LogP contribution in [-0.4, -0.2) is 15.8 Å². The number of rotatable bonds is 4. The summed E-state index contributed by atoms with van der Waals surface area (Å²) in [5.74, 6) is -0.118. The molecule has 2 amide bonds. The molecule has 0 bridgehead atoms. The van der Waals surface area contributed by atoms with Crippen LogP contribution in [0.4, 0.5) is 20.7 Å². The number of benzene rings is 3. The molecule has 0 spiro atoms. The van der Waals surface area contributed by atoms with Gasteiger partial charge in [-0.25, -0.2) is 9.18 Å². The zero-order chi connectivity index (χ0) is 19.5. The van der Waals surface area contributed by atoms with E-state index in [4.69, 9.17) is 11.6 Å². The molecule has 0 aliphatic carbocycles. The van der Waals surface area contributed by atoms with Gasteiger partial charge in [-0.05, 0) is 17.5 Å². The van der Waals surface area contributed by atoms with Crippen LogP contribution in [0.5, 0.6) is 0 Å². The fourth-order valence-corrected chi connectivity index (χ4v) is 3.16. The summed E-state index contributed by atoms with van der Waals surface area (Å²) < 4.78 is 15.3. The highest BCUT2D eigenvalue weighted by atomic mass is 35.5. The summed E-state index contributed by atoms with van der Waals surface area (Å²) >= 11 is 6.17. The van der Waals surface area contributed by atoms with Gasteiger partial charge in [0.15, 0.2) is 5.82 Å². The fraction of sp³-hybridized carbons (Fsp3) is 0.0476. The van der Waals surface area contributed by atoms with Crippen molar-refractivity contribution < 1.29 is 9.18 Å². The normalized spacial score (nSPS) is 10.8. The van der Waals surface area contributed by atoms with Crippen molar-refractivity contribution >= 4 is 39.9 Å². The lowest BCUT2D eigenvalue weighted by Crippen LogP contribution is -2.20. The highest BCUT2D eigenvalue weighted by molar-refractivity contribution is 6.33. The summed E-state index contributed by atoms with van der Waals surface area (Å²) in [4.78, 5) is 12.4. The van der Waals surface area contributed by atoms with Gasteiger partial charge in [-0.1, -0.05) is 66.2 Å². The van der Waals surface area contributed by atoms with E-state index >= 15 is 0 Å². The summed E-state index contributed by atoms with van der Waals surface area (Å²) in [6.07, 6.45) is 1.54. The van der Waals surface area contributed by atoms with E-state index < -0.39 is 6.03 Å². The van der Waals surface area contributed by atoms with Crippen molar-refractivity contribution in [3.8, 4) is 0 Å². The van der Waals surface area contributed by atoms with E-state index in [1.807, 2.05) is 42.5 Å². The first-order valence-electron chi connectivity index (χ1n) is 8.62. The van der Waals surface area contributed by atoms with Crippen molar-refractivity contribution in [2.75, 3.05) is 10.6 Å². The minimum Gasteiger partial charge on any atom is -0.307 e. The molecule has 0 aliphatic rings. The lowest BCUT2D eigenvalue weighted by atomic mass is 10.1. The van der Waals surface area contributed by atoms with Crippen LogP contribution in [0.3, 0.4) is 0 Å². The first-order valence-corrected chi connectivity index (χ1v) is 9.00. The molecule has 1 heterocycles. The average molecular weight is 395 g/mol. The van der Waals surface area contributed by atoms with Gasteiger partial charge in [0.05, 0.1) is 12.2 Å². The standard InChI is InChI=1S/C21H16ClFN4O/c22-17-13-27(12-15-7-2-4-10-18(15)23)26-20(17)25-21(28)24-19-11-5-8-14-6-1-3-9-16(14)19/h1-11,13H,12H2,(H2,24,25,26,28). The van der Waals surface area contributed by atoms with Gasteiger partial charge in [0, 0.05) is 17.1 Å². The quantitative estimate of drug-likeness (QED) is 0.478. The third-order valence-electron chi connectivity index (χ3n) is 4.28. The third-order valence-corrected chi connectivity index (χ3v) is 4.55. The first kappa shape index (κ1) is 18.0. The van der Waals surface area contributed by atoms with E-state index in [0.29, 0.717) is 11.3 Å². The highest BCUT2D eigenvalue weighted by Crippen LogP contribution is 2.24. The van der Waals surface area contributed by atoms with E-state index in [1.165, 1.54) is 10.7 Å². The molecule has 0 unspecified atom stereocenters. The summed E-state index contributed by atoms with van der Waals surface area (Å²) in [7, 11) is 0. The number of urea groups is 1. The Morgan fingerprint density at radius 2 is 1.75 bits per heavy atom.